The molecule has 0 atom stereocenters. The first-order valence-corrected chi connectivity index (χ1v) is 5.48. The van der Waals surface area contributed by atoms with E-state index in [1.807, 2.05) is 0 Å². The van der Waals surface area contributed by atoms with Crippen LogP contribution in [0.25, 0.3) is 0 Å². The summed E-state index contributed by atoms with van der Waals surface area (Å²) in [7, 11) is 0. The van der Waals surface area contributed by atoms with Gasteiger partial charge >= 0.3 is 6.03 Å². The minimum atomic E-state index is -0.344. The summed E-state index contributed by atoms with van der Waals surface area (Å²) in [6, 6.07) is 5.85. The lowest BCUT2D eigenvalue weighted by atomic mass is 10.1. The number of benzene rings is 1. The molecule has 0 saturated carbocycles. The van der Waals surface area contributed by atoms with Crippen LogP contribution in [0, 0.1) is 5.82 Å². The third-order valence-corrected chi connectivity index (χ3v) is 2.73. The maximum Gasteiger partial charge on any atom is 0.324 e. The van der Waals surface area contributed by atoms with Crippen LogP contribution in [0.5, 0.6) is 0 Å². The molecule has 0 unspecified atom stereocenters. The molecule has 0 spiro atoms. The lowest BCUT2D eigenvalue weighted by Crippen LogP contribution is -2.49. The van der Waals surface area contributed by atoms with E-state index < -0.39 is 0 Å². The summed E-state index contributed by atoms with van der Waals surface area (Å²) in [4.78, 5) is 23.9. The average molecular weight is 236 g/mol. The molecule has 3 amide bonds. The summed E-state index contributed by atoms with van der Waals surface area (Å²) < 4.78 is 12.7. The van der Waals surface area contributed by atoms with Crippen molar-refractivity contribution in [1.82, 2.24) is 10.2 Å². The topological polar surface area (TPSA) is 49.4 Å². The van der Waals surface area contributed by atoms with Crippen molar-refractivity contribution in [2.24, 2.45) is 0 Å². The van der Waals surface area contributed by atoms with E-state index in [9.17, 15) is 14.0 Å². The Bertz CT molecular complexity index is 431. The largest absolute Gasteiger partial charge is 0.324 e. The molecule has 1 N–H and O–H groups in total. The van der Waals surface area contributed by atoms with Crippen LogP contribution in [0.15, 0.2) is 24.3 Å². The number of carbonyl (C=O) groups is 2. The molecule has 1 aliphatic heterocycles. The first kappa shape index (κ1) is 11.6. The highest BCUT2D eigenvalue weighted by Crippen LogP contribution is 2.06. The van der Waals surface area contributed by atoms with E-state index in [4.69, 9.17) is 0 Å². The zero-order chi connectivity index (χ0) is 12.3. The van der Waals surface area contributed by atoms with Crippen LogP contribution < -0.4 is 5.32 Å². The number of rotatable bonds is 3. The number of halogens is 1. The summed E-state index contributed by atoms with van der Waals surface area (Å²) in [5.41, 5.74) is 0.969. The van der Waals surface area contributed by atoms with Crippen molar-refractivity contribution in [3.05, 3.63) is 35.6 Å². The fraction of sp³-hybridized carbons (Fsp3) is 0.333. The minimum absolute atomic E-state index is 0.229. The van der Waals surface area contributed by atoms with Crippen molar-refractivity contribution in [3.63, 3.8) is 0 Å². The highest BCUT2D eigenvalue weighted by atomic mass is 19.1. The zero-order valence-electron chi connectivity index (χ0n) is 9.28. The smallest absolute Gasteiger partial charge is 0.324 e. The van der Waals surface area contributed by atoms with Gasteiger partial charge in [-0.25, -0.2) is 9.18 Å². The first-order valence-electron chi connectivity index (χ1n) is 5.48. The summed E-state index contributed by atoms with van der Waals surface area (Å²) in [5.74, 6) is -0.497. The molecule has 1 aromatic rings. The standard InChI is InChI=1S/C12H13FN2O2/c13-10-3-1-9(2-4-10)5-7-15-8-6-11(16)14-12(15)17/h1-4H,5-8H2,(H,14,16,17). The molecule has 0 aliphatic carbocycles. The fourth-order valence-corrected chi connectivity index (χ4v) is 1.73. The molecule has 0 radical (unpaired) electrons. The van der Waals surface area contributed by atoms with Gasteiger partial charge in [0.15, 0.2) is 0 Å². The van der Waals surface area contributed by atoms with Gasteiger partial charge in [0.1, 0.15) is 5.82 Å². The number of imide groups is 1. The summed E-state index contributed by atoms with van der Waals surface area (Å²) in [5, 5.41) is 2.26. The maximum absolute atomic E-state index is 12.7. The van der Waals surface area contributed by atoms with Gasteiger partial charge in [0.05, 0.1) is 0 Å². The molecule has 1 fully saturated rings. The predicted molar refractivity (Wildman–Crippen MR) is 59.8 cm³/mol. The van der Waals surface area contributed by atoms with Crippen LogP contribution in [0.4, 0.5) is 9.18 Å². The van der Waals surface area contributed by atoms with Crippen molar-refractivity contribution < 1.29 is 14.0 Å². The van der Waals surface area contributed by atoms with Crippen LogP contribution >= 0.6 is 0 Å². The van der Waals surface area contributed by atoms with Crippen molar-refractivity contribution in [2.75, 3.05) is 13.1 Å². The van der Waals surface area contributed by atoms with Gasteiger partial charge in [0, 0.05) is 19.5 Å². The molecule has 1 saturated heterocycles. The van der Waals surface area contributed by atoms with Crippen molar-refractivity contribution in [3.8, 4) is 0 Å². The van der Waals surface area contributed by atoms with Crippen LogP contribution in [0.2, 0.25) is 0 Å². The lowest BCUT2D eigenvalue weighted by Gasteiger charge is -2.26. The number of carbonyl (C=O) groups excluding carboxylic acids is 2. The molecule has 1 aromatic carbocycles. The molecule has 0 aromatic heterocycles. The third-order valence-electron chi connectivity index (χ3n) is 2.73. The van der Waals surface area contributed by atoms with E-state index in [2.05, 4.69) is 5.32 Å². The molecule has 1 aliphatic rings. The van der Waals surface area contributed by atoms with Gasteiger partial charge < -0.3 is 4.90 Å². The Morgan fingerprint density at radius 1 is 1.24 bits per heavy atom. The van der Waals surface area contributed by atoms with Crippen molar-refractivity contribution >= 4 is 11.9 Å². The van der Waals surface area contributed by atoms with E-state index >= 15 is 0 Å². The molecule has 5 heteroatoms. The second-order valence-corrected chi connectivity index (χ2v) is 3.97. The molecule has 1 heterocycles. The molecule has 90 valence electrons. The fourth-order valence-electron chi connectivity index (χ4n) is 1.73. The van der Waals surface area contributed by atoms with E-state index in [0.29, 0.717) is 25.9 Å². The van der Waals surface area contributed by atoms with Gasteiger partial charge in [-0.2, -0.15) is 0 Å². The van der Waals surface area contributed by atoms with Gasteiger partial charge in [0.2, 0.25) is 5.91 Å². The molecule has 17 heavy (non-hydrogen) atoms. The Balaban J connectivity index is 1.88. The van der Waals surface area contributed by atoms with Gasteiger partial charge in [-0.1, -0.05) is 12.1 Å². The summed E-state index contributed by atoms with van der Waals surface area (Å²) >= 11 is 0. The average Bonchev–Trinajstić information content (AvgIpc) is 2.30. The van der Waals surface area contributed by atoms with Crippen LogP contribution in [-0.2, 0) is 11.2 Å². The highest BCUT2D eigenvalue weighted by Gasteiger charge is 2.22. The van der Waals surface area contributed by atoms with E-state index in [1.54, 1.807) is 17.0 Å². The number of hydrogen-bond donors (Lipinski definition) is 1. The SMILES string of the molecule is O=C1CCN(CCc2ccc(F)cc2)C(=O)N1. The monoisotopic (exact) mass is 236 g/mol. The summed E-state index contributed by atoms with van der Waals surface area (Å²) in [6.07, 6.45) is 0.997. The van der Waals surface area contributed by atoms with Crippen LogP contribution in [-0.4, -0.2) is 29.9 Å². The Morgan fingerprint density at radius 2 is 1.94 bits per heavy atom. The first-order chi connectivity index (χ1) is 8.15. The number of nitrogens with zero attached hydrogens (tertiary/aromatic N) is 1. The zero-order valence-corrected chi connectivity index (χ0v) is 9.28. The van der Waals surface area contributed by atoms with Crippen LogP contribution in [0.3, 0.4) is 0 Å². The van der Waals surface area contributed by atoms with Gasteiger partial charge in [-0.05, 0) is 24.1 Å². The second kappa shape index (κ2) is 4.95. The van der Waals surface area contributed by atoms with E-state index in [-0.39, 0.29) is 17.8 Å². The van der Waals surface area contributed by atoms with Gasteiger partial charge in [-0.3, -0.25) is 10.1 Å². The van der Waals surface area contributed by atoms with E-state index in [1.165, 1.54) is 12.1 Å². The molecular weight excluding hydrogens is 223 g/mol. The number of urea groups is 1. The summed E-state index contributed by atoms with van der Waals surface area (Å²) in [6.45, 7) is 0.983. The number of amides is 3. The Labute approximate surface area is 98.4 Å². The predicted octanol–water partition coefficient (Wildman–Crippen LogP) is 1.31. The Hall–Kier alpha value is -1.91. The highest BCUT2D eigenvalue weighted by molar-refractivity contribution is 5.96. The molecule has 0 bridgehead atoms. The maximum atomic E-state index is 12.7. The molecule has 4 nitrogen and oxygen atoms in total. The Morgan fingerprint density at radius 3 is 2.59 bits per heavy atom. The van der Waals surface area contributed by atoms with Crippen LogP contribution in [0.1, 0.15) is 12.0 Å². The number of hydrogen-bond acceptors (Lipinski definition) is 2. The molecule has 2 rings (SSSR count). The van der Waals surface area contributed by atoms with Gasteiger partial charge in [0.25, 0.3) is 0 Å². The normalized spacial score (nSPS) is 15.9. The van der Waals surface area contributed by atoms with Crippen molar-refractivity contribution in [2.45, 2.75) is 12.8 Å². The van der Waals surface area contributed by atoms with Gasteiger partial charge in [-0.15, -0.1) is 0 Å². The molecular formula is C12H13FN2O2. The third kappa shape index (κ3) is 3.03. The lowest BCUT2D eigenvalue weighted by molar-refractivity contribution is -0.121. The minimum Gasteiger partial charge on any atom is -0.324 e. The quantitative estimate of drug-likeness (QED) is 0.860. The number of nitrogens with one attached hydrogen (secondary N) is 1. The van der Waals surface area contributed by atoms with Crippen molar-refractivity contribution in [1.29, 1.82) is 0 Å². The second-order valence-electron chi connectivity index (χ2n) is 3.97. The van der Waals surface area contributed by atoms with E-state index in [0.717, 1.165) is 5.56 Å². The Kier molecular flexibility index (Phi) is 3.37.